The highest BCUT2D eigenvalue weighted by molar-refractivity contribution is 5.88. The van der Waals surface area contributed by atoms with Crippen LogP contribution >= 0.6 is 0 Å². The zero-order chi connectivity index (χ0) is 9.47. The molecule has 0 bridgehead atoms. The average Bonchev–Trinajstić information content (AvgIpc) is 2.82. The van der Waals surface area contributed by atoms with Gasteiger partial charge < -0.3 is 9.64 Å². The molecule has 0 radical (unpaired) electrons. The topological polar surface area (TPSA) is 53.3 Å². The molecule has 1 heterocycles. The smallest absolute Gasteiger partial charge is 0.243 e. The third kappa shape index (κ3) is 1.20. The molecule has 0 aromatic heterocycles. The van der Waals surface area contributed by atoms with Gasteiger partial charge in [0, 0.05) is 20.2 Å². The summed E-state index contributed by atoms with van der Waals surface area (Å²) in [6.45, 7) is 1.30. The molecule has 0 N–H and O–H groups in total. The van der Waals surface area contributed by atoms with Gasteiger partial charge in [0.15, 0.2) is 0 Å². The van der Waals surface area contributed by atoms with E-state index in [0.29, 0.717) is 13.1 Å². The third-order valence-electron chi connectivity index (χ3n) is 2.84. The fourth-order valence-electron chi connectivity index (χ4n) is 1.55. The molecule has 0 spiro atoms. The summed E-state index contributed by atoms with van der Waals surface area (Å²) in [5, 5.41) is 8.79. The van der Waals surface area contributed by atoms with E-state index in [2.05, 4.69) is 6.07 Å². The van der Waals surface area contributed by atoms with Crippen LogP contribution in [0.5, 0.6) is 0 Å². The first-order valence-electron chi connectivity index (χ1n) is 4.45. The average molecular weight is 180 g/mol. The van der Waals surface area contributed by atoms with E-state index in [9.17, 15) is 4.79 Å². The number of carbonyl (C=O) groups is 1. The number of rotatable bonds is 2. The van der Waals surface area contributed by atoms with Gasteiger partial charge >= 0.3 is 0 Å². The van der Waals surface area contributed by atoms with Crippen molar-refractivity contribution in [3.8, 4) is 6.07 Å². The second-order valence-electron chi connectivity index (χ2n) is 3.76. The Bertz CT molecular complexity index is 272. The SMILES string of the molecule is COC1CN(C(=O)C2(C#N)CC2)C1. The number of amides is 1. The number of hydrogen-bond acceptors (Lipinski definition) is 3. The summed E-state index contributed by atoms with van der Waals surface area (Å²) in [5.74, 6) is 0.00306. The maximum atomic E-state index is 11.6. The molecule has 2 aliphatic rings. The molecular weight excluding hydrogens is 168 g/mol. The molecule has 1 aliphatic carbocycles. The molecule has 2 rings (SSSR count). The van der Waals surface area contributed by atoms with Gasteiger partial charge in [-0.25, -0.2) is 0 Å². The van der Waals surface area contributed by atoms with Crippen molar-refractivity contribution in [2.45, 2.75) is 18.9 Å². The Labute approximate surface area is 77.1 Å². The summed E-state index contributed by atoms with van der Waals surface area (Å²) < 4.78 is 5.06. The largest absolute Gasteiger partial charge is 0.378 e. The van der Waals surface area contributed by atoms with Crippen molar-refractivity contribution in [3.63, 3.8) is 0 Å². The second-order valence-corrected chi connectivity index (χ2v) is 3.76. The van der Waals surface area contributed by atoms with Gasteiger partial charge in [0.2, 0.25) is 5.91 Å². The Balaban J connectivity index is 1.91. The summed E-state index contributed by atoms with van der Waals surface area (Å²) in [4.78, 5) is 13.4. The summed E-state index contributed by atoms with van der Waals surface area (Å²) in [5.41, 5.74) is -0.654. The lowest BCUT2D eigenvalue weighted by Gasteiger charge is -2.39. The van der Waals surface area contributed by atoms with E-state index in [1.807, 2.05) is 0 Å². The zero-order valence-corrected chi connectivity index (χ0v) is 7.62. The van der Waals surface area contributed by atoms with Crippen molar-refractivity contribution < 1.29 is 9.53 Å². The predicted molar refractivity (Wildman–Crippen MR) is 44.7 cm³/mol. The third-order valence-corrected chi connectivity index (χ3v) is 2.84. The molecule has 0 aromatic carbocycles. The van der Waals surface area contributed by atoms with E-state index in [4.69, 9.17) is 10.00 Å². The van der Waals surface area contributed by atoms with E-state index in [1.54, 1.807) is 12.0 Å². The fourth-order valence-corrected chi connectivity index (χ4v) is 1.55. The lowest BCUT2D eigenvalue weighted by molar-refractivity contribution is -0.146. The Morgan fingerprint density at radius 3 is 2.62 bits per heavy atom. The van der Waals surface area contributed by atoms with Crippen LogP contribution in [0.3, 0.4) is 0 Å². The summed E-state index contributed by atoms with van der Waals surface area (Å²) in [7, 11) is 1.64. The van der Waals surface area contributed by atoms with E-state index >= 15 is 0 Å². The Kier molecular flexibility index (Phi) is 1.77. The van der Waals surface area contributed by atoms with Gasteiger partial charge in [-0.05, 0) is 12.8 Å². The highest BCUT2D eigenvalue weighted by Gasteiger charge is 2.54. The first kappa shape index (κ1) is 8.52. The first-order valence-corrected chi connectivity index (χ1v) is 4.45. The van der Waals surface area contributed by atoms with Crippen LogP contribution in [-0.2, 0) is 9.53 Å². The maximum Gasteiger partial charge on any atom is 0.243 e. The van der Waals surface area contributed by atoms with Gasteiger partial charge in [-0.2, -0.15) is 5.26 Å². The molecule has 1 saturated carbocycles. The molecule has 13 heavy (non-hydrogen) atoms. The van der Waals surface area contributed by atoms with Gasteiger partial charge in [0.1, 0.15) is 5.41 Å². The predicted octanol–water partition coefficient (Wildman–Crippen LogP) is 0.147. The van der Waals surface area contributed by atoms with Crippen molar-refractivity contribution >= 4 is 5.91 Å². The Hall–Kier alpha value is -1.08. The second kappa shape index (κ2) is 2.71. The minimum absolute atomic E-state index is 0.00306. The van der Waals surface area contributed by atoms with Gasteiger partial charge in [0.05, 0.1) is 12.2 Å². The number of likely N-dealkylation sites (tertiary alicyclic amines) is 1. The molecule has 0 atom stereocenters. The highest BCUT2D eigenvalue weighted by Crippen LogP contribution is 2.47. The number of hydrogen-bond donors (Lipinski definition) is 0. The fraction of sp³-hybridized carbons (Fsp3) is 0.778. The van der Waals surface area contributed by atoms with Crippen molar-refractivity contribution in [1.29, 1.82) is 5.26 Å². The van der Waals surface area contributed by atoms with Crippen LogP contribution in [0.2, 0.25) is 0 Å². The normalized spacial score (nSPS) is 24.8. The van der Waals surface area contributed by atoms with Crippen molar-refractivity contribution in [2.24, 2.45) is 5.41 Å². The van der Waals surface area contributed by atoms with E-state index in [0.717, 1.165) is 12.8 Å². The molecule has 4 nitrogen and oxygen atoms in total. The number of nitriles is 1. The van der Waals surface area contributed by atoms with Crippen molar-refractivity contribution in [3.05, 3.63) is 0 Å². The van der Waals surface area contributed by atoms with Crippen molar-refractivity contribution in [2.75, 3.05) is 20.2 Å². The van der Waals surface area contributed by atoms with Crippen LogP contribution < -0.4 is 0 Å². The molecular formula is C9H12N2O2. The van der Waals surface area contributed by atoms with E-state index in [1.165, 1.54) is 0 Å². The quantitative estimate of drug-likeness (QED) is 0.607. The first-order chi connectivity index (χ1) is 6.22. The minimum atomic E-state index is -0.654. The van der Waals surface area contributed by atoms with E-state index in [-0.39, 0.29) is 12.0 Å². The molecule has 1 saturated heterocycles. The molecule has 1 aliphatic heterocycles. The standard InChI is InChI=1S/C9H12N2O2/c1-13-7-4-11(5-7)8(12)9(6-10)2-3-9/h7H,2-5H2,1H3. The van der Waals surface area contributed by atoms with Crippen LogP contribution in [0, 0.1) is 16.7 Å². The summed E-state index contributed by atoms with van der Waals surface area (Å²) >= 11 is 0. The van der Waals surface area contributed by atoms with Crippen LogP contribution in [0.1, 0.15) is 12.8 Å². The van der Waals surface area contributed by atoms with E-state index < -0.39 is 5.41 Å². The molecule has 2 fully saturated rings. The molecule has 1 amide bonds. The molecule has 70 valence electrons. The molecule has 0 unspecified atom stereocenters. The van der Waals surface area contributed by atoms with Gasteiger partial charge in [-0.15, -0.1) is 0 Å². The number of ether oxygens (including phenoxy) is 1. The molecule has 4 heteroatoms. The maximum absolute atomic E-state index is 11.6. The highest BCUT2D eigenvalue weighted by atomic mass is 16.5. The van der Waals surface area contributed by atoms with Gasteiger partial charge in [-0.3, -0.25) is 4.79 Å². The monoisotopic (exact) mass is 180 g/mol. The lowest BCUT2D eigenvalue weighted by Crippen LogP contribution is -2.56. The number of nitrogens with zero attached hydrogens (tertiary/aromatic N) is 2. The summed E-state index contributed by atoms with van der Waals surface area (Å²) in [6.07, 6.45) is 1.64. The number of methoxy groups -OCH3 is 1. The van der Waals surface area contributed by atoms with Crippen LogP contribution in [0.4, 0.5) is 0 Å². The Morgan fingerprint density at radius 2 is 2.23 bits per heavy atom. The minimum Gasteiger partial charge on any atom is -0.378 e. The van der Waals surface area contributed by atoms with Gasteiger partial charge in [-0.1, -0.05) is 0 Å². The van der Waals surface area contributed by atoms with Crippen molar-refractivity contribution in [1.82, 2.24) is 4.90 Å². The van der Waals surface area contributed by atoms with Crippen LogP contribution in [-0.4, -0.2) is 37.1 Å². The van der Waals surface area contributed by atoms with Crippen LogP contribution in [0.25, 0.3) is 0 Å². The Morgan fingerprint density at radius 1 is 1.62 bits per heavy atom. The van der Waals surface area contributed by atoms with Crippen LogP contribution in [0.15, 0.2) is 0 Å². The van der Waals surface area contributed by atoms with Gasteiger partial charge in [0.25, 0.3) is 0 Å². The zero-order valence-electron chi connectivity index (χ0n) is 7.62. The number of carbonyl (C=O) groups excluding carboxylic acids is 1. The molecule has 0 aromatic rings. The lowest BCUT2D eigenvalue weighted by atomic mass is 10.0. The summed E-state index contributed by atoms with van der Waals surface area (Å²) in [6, 6.07) is 2.10.